The van der Waals surface area contributed by atoms with Gasteiger partial charge >= 0.3 is 5.97 Å². The smallest absolute Gasteiger partial charge is 0.324 e. The van der Waals surface area contributed by atoms with Gasteiger partial charge in [-0.15, -0.1) is 4.31 Å². The fraction of sp³-hybridized carbons (Fsp3) is 0.564. The highest BCUT2D eigenvalue weighted by Gasteiger charge is 2.67. The van der Waals surface area contributed by atoms with Crippen LogP contribution in [0.15, 0.2) is 54.9 Å². The molecule has 3 N–H and O–H groups in total. The molecule has 4 aromatic rings. The molecule has 5 heterocycles. The van der Waals surface area contributed by atoms with Gasteiger partial charge in [0.05, 0.1) is 24.9 Å². The number of phenols is 1. The fourth-order valence-corrected chi connectivity index (χ4v) is 12.3. The molecule has 0 spiro atoms. The molecule has 4 amide bonds. The van der Waals surface area contributed by atoms with Crippen LogP contribution in [-0.4, -0.2) is 137 Å². The van der Waals surface area contributed by atoms with Crippen LogP contribution in [0.1, 0.15) is 105 Å². The largest absolute Gasteiger partial charge is 0.597 e. The minimum absolute atomic E-state index is 0.0176. The molecule has 4 aliphatic rings. The van der Waals surface area contributed by atoms with Crippen LogP contribution in [0.5, 0.6) is 5.75 Å². The molecule has 8 rings (SSSR count). The van der Waals surface area contributed by atoms with E-state index < -0.39 is 75.3 Å². The number of aryl methyl sites for hydroxylation is 2. The molecule has 3 fully saturated rings. The summed E-state index contributed by atoms with van der Waals surface area (Å²) in [6.45, 7) is 18.5. The number of esters is 1. The van der Waals surface area contributed by atoms with E-state index in [1.807, 2.05) is 59.1 Å². The molecule has 17 heteroatoms. The topological polar surface area (TPSA) is 192 Å². The third-order valence-corrected chi connectivity index (χ3v) is 16.6. The van der Waals surface area contributed by atoms with Crippen molar-refractivity contribution in [2.75, 3.05) is 33.8 Å². The van der Waals surface area contributed by atoms with E-state index in [1.165, 1.54) is 27.4 Å². The molecule has 2 unspecified atom stereocenters. The summed E-state index contributed by atoms with van der Waals surface area (Å²) in [5.41, 5.74) is 10.1. The number of carbonyl (C=O) groups excluding carboxylic acids is 5. The lowest BCUT2D eigenvalue weighted by Crippen LogP contribution is -2.62. The average Bonchev–Trinajstić information content (AvgIpc) is 4.27. The first-order valence-corrected chi connectivity index (χ1v) is 26.8. The van der Waals surface area contributed by atoms with Crippen molar-refractivity contribution in [1.82, 2.24) is 39.4 Å². The Kier molecular flexibility index (Phi) is 15.3. The Labute approximate surface area is 427 Å². The number of hydrogen-bond acceptors (Lipinski definition) is 11. The van der Waals surface area contributed by atoms with Crippen molar-refractivity contribution in [3.05, 3.63) is 71.5 Å². The van der Waals surface area contributed by atoms with Crippen LogP contribution < -0.4 is 10.7 Å². The second kappa shape index (κ2) is 20.8. The third kappa shape index (κ3) is 10.9. The van der Waals surface area contributed by atoms with Gasteiger partial charge in [-0.3, -0.25) is 34.0 Å². The average molecular weight is 1010 g/mol. The van der Waals surface area contributed by atoms with E-state index in [2.05, 4.69) is 66.2 Å². The van der Waals surface area contributed by atoms with Crippen LogP contribution in [0.3, 0.4) is 0 Å². The fourth-order valence-electron chi connectivity index (χ4n) is 10.8. The number of likely N-dealkylation sites (N-methyl/N-ethyl adjacent to an activating group) is 2. The lowest BCUT2D eigenvalue weighted by molar-refractivity contribution is -0.155. The van der Waals surface area contributed by atoms with E-state index >= 15 is 0 Å². The molecule has 2 saturated heterocycles. The number of nitrogens with zero attached hydrogens (tertiary/aromatic N) is 6. The maximum absolute atomic E-state index is 14.8. The number of aromatic nitrogens is 2. The monoisotopic (exact) mass is 1010 g/mol. The normalized spacial score (nSPS) is 23.2. The Bertz CT molecular complexity index is 2730. The summed E-state index contributed by atoms with van der Waals surface area (Å²) in [6, 6.07) is 9.75. The summed E-state index contributed by atoms with van der Waals surface area (Å²) in [5, 5.41) is 16.8. The molecule has 2 aromatic carbocycles. The number of fused-ring (bicyclic) bond motifs is 6. The van der Waals surface area contributed by atoms with Crippen LogP contribution in [0.2, 0.25) is 0 Å². The second-order valence-corrected chi connectivity index (χ2v) is 24.6. The molecule has 7 atom stereocenters. The molecule has 6 bridgehead atoms. The van der Waals surface area contributed by atoms with E-state index in [9.17, 15) is 33.6 Å². The zero-order valence-corrected chi connectivity index (χ0v) is 44.7. The second-order valence-electron chi connectivity index (χ2n) is 22.5. The van der Waals surface area contributed by atoms with Gasteiger partial charge < -0.3 is 34.1 Å². The highest BCUT2D eigenvalue weighted by Crippen LogP contribution is 2.51. The number of hydrogen-bond donors (Lipinski definition) is 3. The van der Waals surface area contributed by atoms with E-state index in [0.29, 0.717) is 42.9 Å². The highest BCUT2D eigenvalue weighted by molar-refractivity contribution is 7.90. The first kappa shape index (κ1) is 52.8. The number of aromatic hydroxyl groups is 1. The molecule has 1 aliphatic carbocycles. The van der Waals surface area contributed by atoms with Gasteiger partial charge in [0.1, 0.15) is 28.6 Å². The van der Waals surface area contributed by atoms with Crippen LogP contribution in [0.25, 0.3) is 33.3 Å². The number of phenolic OH excluding ortho intramolecular Hbond substituents is 1. The number of hydrazine groups is 1. The number of rotatable bonds is 12. The van der Waals surface area contributed by atoms with Gasteiger partial charge in [0.2, 0.25) is 17.7 Å². The molecule has 16 nitrogen and oxygen atoms in total. The molecule has 2 aromatic heterocycles. The summed E-state index contributed by atoms with van der Waals surface area (Å²) in [4.78, 5) is 78.7. The van der Waals surface area contributed by atoms with Crippen molar-refractivity contribution in [3.63, 3.8) is 0 Å². The van der Waals surface area contributed by atoms with Crippen molar-refractivity contribution < 1.29 is 38.4 Å². The predicted octanol–water partition coefficient (Wildman–Crippen LogP) is 6.17. The minimum atomic E-state index is -1.39. The quantitative estimate of drug-likeness (QED) is 0.0835. The SMILES string of the molecule is CCc1ccncc1-c1c2c3cc(ccc3n1CC)-c1cc(O)cc(c1)C[C@H](NC(=O)[C@H](C(C)C)N(C)C(=O)CN(C)C(=O)[C@@H]1[C@H](C3CC3)N1[S+]([O-])C(C)(C)C)C(=O)N1CCC[C@H](N1)C(=O)OCC(C)(C)C2. The van der Waals surface area contributed by atoms with Crippen LogP contribution >= 0.6 is 0 Å². The van der Waals surface area contributed by atoms with Gasteiger partial charge in [-0.2, -0.15) is 0 Å². The number of nitrogens with one attached hydrogen (secondary N) is 2. The lowest BCUT2D eigenvalue weighted by atomic mass is 9.84. The van der Waals surface area contributed by atoms with E-state index in [4.69, 9.17) is 4.74 Å². The van der Waals surface area contributed by atoms with Gasteiger partial charge in [0.15, 0.2) is 6.04 Å². The van der Waals surface area contributed by atoms with Gasteiger partial charge in [0, 0.05) is 79.2 Å². The Morgan fingerprint density at radius 3 is 2.44 bits per heavy atom. The summed E-state index contributed by atoms with van der Waals surface area (Å²) in [7, 11) is 3.07. The lowest BCUT2D eigenvalue weighted by Gasteiger charge is -2.37. The molecular weight excluding hydrogens is 933 g/mol. The van der Waals surface area contributed by atoms with Crippen molar-refractivity contribution in [2.24, 2.45) is 17.3 Å². The van der Waals surface area contributed by atoms with E-state index in [0.717, 1.165) is 52.5 Å². The summed E-state index contributed by atoms with van der Waals surface area (Å²) in [5.74, 6) is -2.46. The predicted molar refractivity (Wildman–Crippen MR) is 278 cm³/mol. The summed E-state index contributed by atoms with van der Waals surface area (Å²) >= 11 is -1.39. The summed E-state index contributed by atoms with van der Waals surface area (Å²) < 4.78 is 23.1. The standard InChI is InChI=1S/C55H74N8O8S/c1-12-34-20-21-56-29-41(34)48-40-28-55(8,9)31-71-53(69)42-15-14-22-62(58-42)51(67)43(25-33-23-37(26-38(64)24-33)36-18-19-44(39(40)27-36)61(48)13-2)57-50(66)46(32(3)4)60(11)45(65)30-59(10)52(68)49-47(35-16-17-35)63(49)72(70)54(5,6)7/h18-21,23-24,26-27,29,32,35,42-43,46-47,49,58,64H,12-17,22,25,28,30-31H2,1-11H3,(H,57,66)/t42-,43-,46-,47-,49-,63?,72?/m0/s1. The number of benzene rings is 2. The van der Waals surface area contributed by atoms with Crippen LogP contribution in [-0.2, 0) is 65.9 Å². The number of pyridine rings is 1. The van der Waals surface area contributed by atoms with Gasteiger partial charge in [-0.05, 0) is 136 Å². The number of amides is 4. The van der Waals surface area contributed by atoms with Crippen LogP contribution in [0.4, 0.5) is 0 Å². The number of carbonyl (C=O) groups is 5. The first-order chi connectivity index (χ1) is 34.0. The highest BCUT2D eigenvalue weighted by atomic mass is 32.2. The number of cyclic esters (lactones) is 1. The molecule has 0 radical (unpaired) electrons. The van der Waals surface area contributed by atoms with Crippen molar-refractivity contribution in [2.45, 2.75) is 149 Å². The molecule has 3 aliphatic heterocycles. The van der Waals surface area contributed by atoms with Crippen LogP contribution in [0, 0.1) is 17.3 Å². The van der Waals surface area contributed by atoms with E-state index in [1.54, 1.807) is 23.5 Å². The Hall–Kier alpha value is -5.49. The maximum Gasteiger partial charge on any atom is 0.324 e. The summed E-state index contributed by atoms with van der Waals surface area (Å²) in [6.07, 6.45) is 7.97. The van der Waals surface area contributed by atoms with Gasteiger partial charge in [-0.25, -0.2) is 5.43 Å². The molecule has 72 heavy (non-hydrogen) atoms. The Morgan fingerprint density at radius 1 is 1.04 bits per heavy atom. The first-order valence-electron chi connectivity index (χ1n) is 25.7. The van der Waals surface area contributed by atoms with Gasteiger partial charge in [0.25, 0.3) is 5.91 Å². The zero-order valence-electron chi connectivity index (χ0n) is 43.9. The van der Waals surface area contributed by atoms with Crippen molar-refractivity contribution >= 4 is 51.9 Å². The molecular formula is C55H74N8O8S. The number of ether oxygens (including phenoxy) is 1. The van der Waals surface area contributed by atoms with Crippen molar-refractivity contribution in [3.8, 4) is 28.1 Å². The Morgan fingerprint density at radius 2 is 1.78 bits per heavy atom. The maximum atomic E-state index is 14.8. The molecule has 1 saturated carbocycles. The molecule has 388 valence electrons. The van der Waals surface area contributed by atoms with Gasteiger partial charge in [-0.1, -0.05) is 46.8 Å². The zero-order chi connectivity index (χ0) is 52.1. The van der Waals surface area contributed by atoms with Crippen molar-refractivity contribution in [1.29, 1.82) is 0 Å². The Balaban J connectivity index is 1.11. The third-order valence-electron chi connectivity index (χ3n) is 14.7. The minimum Gasteiger partial charge on any atom is -0.597 e. The van der Waals surface area contributed by atoms with E-state index in [-0.39, 0.29) is 43.8 Å².